The van der Waals surface area contributed by atoms with Crippen LogP contribution in [0.5, 0.6) is 0 Å². The third kappa shape index (κ3) is 8.21. The minimum Gasteiger partial charge on any atom is -0.346 e. The molecule has 4 aromatic heterocycles. The zero-order valence-corrected chi connectivity index (χ0v) is 53.4. The molecule has 17 aromatic rings. The van der Waals surface area contributed by atoms with E-state index in [9.17, 15) is 0 Å². The minimum atomic E-state index is -3.11. The van der Waals surface area contributed by atoms with Crippen LogP contribution in [0, 0.1) is 0 Å². The second-order valence-corrected chi connectivity index (χ2v) is 32.2. The van der Waals surface area contributed by atoms with Gasteiger partial charge in [-0.25, -0.2) is 9.55 Å². The predicted octanol–water partition coefficient (Wildman–Crippen LogP) is 13.1. The van der Waals surface area contributed by atoms with Gasteiger partial charge in [0.1, 0.15) is 0 Å². The molecule has 0 bridgehead atoms. The molecule has 13 aromatic carbocycles. The first kappa shape index (κ1) is 54.5. The van der Waals surface area contributed by atoms with Crippen molar-refractivity contribution in [3.8, 4) is 23.0 Å². The molecule has 6 heterocycles. The van der Waals surface area contributed by atoms with Gasteiger partial charge >= 0.3 is 0 Å². The Morgan fingerprint density at radius 1 is 0.295 bits per heavy atom. The van der Waals surface area contributed by atoms with Crippen LogP contribution in [0.15, 0.2) is 340 Å². The molecule has 1 N–H and O–H groups in total. The molecule has 10 nitrogen and oxygen atoms in total. The summed E-state index contributed by atoms with van der Waals surface area (Å²) >= 11 is 0. The molecule has 12 heteroatoms. The van der Waals surface area contributed by atoms with Crippen LogP contribution in [-0.4, -0.2) is 55.9 Å². The van der Waals surface area contributed by atoms with Crippen molar-refractivity contribution in [2.24, 2.45) is 0 Å². The van der Waals surface area contributed by atoms with Gasteiger partial charge in [0, 0.05) is 22.0 Å². The summed E-state index contributed by atoms with van der Waals surface area (Å²) < 4.78 is 6.94. The number of benzene rings is 13. The summed E-state index contributed by atoms with van der Waals surface area (Å²) in [5.74, 6) is 2.11. The number of nitrogens with one attached hydrogen (secondary N) is 1. The quantitative estimate of drug-likeness (QED) is 0.0964. The van der Waals surface area contributed by atoms with Crippen molar-refractivity contribution in [3.05, 3.63) is 340 Å². The molecule has 0 saturated carbocycles. The van der Waals surface area contributed by atoms with Crippen molar-refractivity contribution in [2.75, 3.05) is 15.1 Å². The van der Waals surface area contributed by atoms with Gasteiger partial charge < -0.3 is 9.88 Å². The van der Waals surface area contributed by atoms with E-state index in [0.717, 1.165) is 67.1 Å². The van der Waals surface area contributed by atoms with Crippen LogP contribution in [0.1, 0.15) is 0 Å². The van der Waals surface area contributed by atoms with Gasteiger partial charge in [-0.3, -0.25) is 14.2 Å². The highest BCUT2D eigenvalue weighted by atomic mass is 28.3. The summed E-state index contributed by atoms with van der Waals surface area (Å²) in [7, 11) is -6.16. The van der Waals surface area contributed by atoms with Gasteiger partial charge in [0.25, 0.3) is 0 Å². The van der Waals surface area contributed by atoms with Gasteiger partial charge in [-0.1, -0.05) is 267 Å². The maximum absolute atomic E-state index is 5.80. The highest BCUT2D eigenvalue weighted by Gasteiger charge is 2.46. The van der Waals surface area contributed by atoms with E-state index < -0.39 is 16.1 Å². The van der Waals surface area contributed by atoms with Crippen molar-refractivity contribution in [3.63, 3.8) is 0 Å². The Hall–Kier alpha value is -12.2. The highest BCUT2D eigenvalue weighted by Crippen LogP contribution is 2.52. The van der Waals surface area contributed by atoms with Gasteiger partial charge in [-0.05, 0) is 114 Å². The lowest BCUT2D eigenvalue weighted by Crippen LogP contribution is -2.74. The lowest BCUT2D eigenvalue weighted by Gasteiger charge is -2.34. The van der Waals surface area contributed by atoms with E-state index in [0.29, 0.717) is 23.5 Å². The van der Waals surface area contributed by atoms with Crippen LogP contribution in [0.4, 0.5) is 28.7 Å². The molecule has 0 spiro atoms. The second-order valence-electron chi connectivity index (χ2n) is 24.6. The van der Waals surface area contributed by atoms with E-state index in [-0.39, 0.29) is 6.29 Å². The number of aromatic nitrogens is 7. The van der Waals surface area contributed by atoms with Gasteiger partial charge in [0.2, 0.25) is 17.7 Å². The van der Waals surface area contributed by atoms with Gasteiger partial charge in [0.15, 0.2) is 28.3 Å². The van der Waals surface area contributed by atoms with E-state index in [1.54, 1.807) is 0 Å². The Labute approximate surface area is 550 Å². The third-order valence-corrected chi connectivity index (χ3v) is 29.3. The summed E-state index contributed by atoms with van der Waals surface area (Å²) in [6, 6.07) is 124. The van der Waals surface area contributed by atoms with Gasteiger partial charge in [0.05, 0.1) is 55.8 Å². The average molecular weight is 1250 g/mol. The fraction of sp³-hybridized carbons (Fsp3) is 0.0120. The largest absolute Gasteiger partial charge is 0.346 e. The molecule has 1 unspecified atom stereocenters. The summed E-state index contributed by atoms with van der Waals surface area (Å²) in [5, 5.41) is 16.5. The molecule has 19 rings (SSSR count). The molecule has 2 aliphatic rings. The lowest BCUT2D eigenvalue weighted by molar-refractivity contribution is 0.773. The van der Waals surface area contributed by atoms with E-state index in [1.165, 1.54) is 52.3 Å². The summed E-state index contributed by atoms with van der Waals surface area (Å²) in [6.45, 7) is 0. The van der Waals surface area contributed by atoms with E-state index in [2.05, 4.69) is 368 Å². The van der Waals surface area contributed by atoms with Crippen molar-refractivity contribution in [2.45, 2.75) is 6.29 Å². The summed E-state index contributed by atoms with van der Waals surface area (Å²) in [4.78, 5) is 27.5. The Kier molecular flexibility index (Phi) is 12.5. The zero-order valence-electron chi connectivity index (χ0n) is 51.4. The Bertz CT molecular complexity index is 5560. The van der Waals surface area contributed by atoms with Crippen LogP contribution in [0.2, 0.25) is 0 Å². The Balaban J connectivity index is 0.919. The van der Waals surface area contributed by atoms with E-state index in [4.69, 9.17) is 19.9 Å². The first-order valence-corrected chi connectivity index (χ1v) is 36.3. The average Bonchev–Trinajstić information content (AvgIpc) is 1.63. The van der Waals surface area contributed by atoms with Crippen LogP contribution >= 0.6 is 0 Å². The van der Waals surface area contributed by atoms with Crippen LogP contribution < -0.4 is 56.6 Å². The number of anilines is 5. The number of nitrogens with zero attached hydrogens (tertiary/aromatic N) is 9. The number of hydrogen-bond donors (Lipinski definition) is 1. The number of fused-ring (bicyclic) bond motifs is 13. The second kappa shape index (κ2) is 21.7. The van der Waals surface area contributed by atoms with E-state index >= 15 is 0 Å². The first-order chi connectivity index (χ1) is 47.1. The normalized spacial score (nSPS) is 13.6. The maximum atomic E-state index is 5.80. The zero-order chi connectivity index (χ0) is 62.6. The fourth-order valence-electron chi connectivity index (χ4n) is 15.7. The van der Waals surface area contributed by atoms with E-state index in [1.807, 2.05) is 0 Å². The van der Waals surface area contributed by atoms with Crippen molar-refractivity contribution >= 4 is 136 Å². The monoisotopic (exact) mass is 1250 g/mol. The molecule has 1 atom stereocenters. The van der Waals surface area contributed by atoms with Crippen molar-refractivity contribution < 1.29 is 0 Å². The third-order valence-electron chi connectivity index (χ3n) is 19.7. The molecule has 0 radical (unpaired) electrons. The molecule has 0 amide bonds. The first-order valence-electron chi connectivity index (χ1n) is 32.3. The molecule has 95 heavy (non-hydrogen) atoms. The molecule has 2 aliphatic heterocycles. The van der Waals surface area contributed by atoms with Crippen molar-refractivity contribution in [1.82, 2.24) is 33.5 Å². The summed E-state index contributed by atoms with van der Waals surface area (Å²) in [6.07, 6.45) is -0.386. The van der Waals surface area contributed by atoms with Crippen molar-refractivity contribution in [1.29, 1.82) is 0 Å². The molecular formula is C83H58N10Si2. The maximum Gasteiger partial charge on any atom is 0.242 e. The van der Waals surface area contributed by atoms with Gasteiger partial charge in [-0.2, -0.15) is 15.0 Å². The number of para-hydroxylation sites is 6. The Morgan fingerprint density at radius 3 is 1.29 bits per heavy atom. The molecule has 0 fully saturated rings. The standard InChI is InChI=1S/C83H58N10Si2/c1-7-30-59(31-8-1)94(60-32-9-2-10-33-60,61-34-11-3-12-35-61)65-50-52-70-77(55-65)91-78-56-66(95(62-36-13-4-14-37-62,63-38-15-5-16-39-63)64-40-17-6-18-41-64)51-53-76(78)93(83(91)85-70)81-87-79(57-28-27-29-58(54-57)89-71-45-22-19-42-67(71)68-43-20-23-46-72(68)89)86-80(88-81)92-75-49-26-25-48-74(75)90-73-47-24-21-44-69(73)84-82(90)92/h1-56,82,84H. The number of imidazole rings is 2. The minimum absolute atomic E-state index is 0.386. The van der Waals surface area contributed by atoms with Crippen LogP contribution in [0.25, 0.3) is 72.7 Å². The molecule has 448 valence electrons. The topological polar surface area (TPSA) is 84.3 Å². The smallest absolute Gasteiger partial charge is 0.242 e. The summed E-state index contributed by atoms with van der Waals surface area (Å²) in [5.41, 5.74) is 11.9. The number of rotatable bonds is 12. The molecule has 0 aliphatic carbocycles. The Morgan fingerprint density at radius 2 is 0.747 bits per heavy atom. The van der Waals surface area contributed by atoms with Crippen LogP contribution in [-0.2, 0) is 0 Å². The number of hydrogen-bond acceptors (Lipinski definition) is 7. The van der Waals surface area contributed by atoms with Gasteiger partial charge in [-0.15, -0.1) is 0 Å². The lowest BCUT2D eigenvalue weighted by atomic mass is 10.2. The predicted molar refractivity (Wildman–Crippen MR) is 394 cm³/mol. The molecular weight excluding hydrogens is 1190 g/mol. The fourth-order valence-corrected chi connectivity index (χ4v) is 25.2. The highest BCUT2D eigenvalue weighted by molar-refractivity contribution is 7.20. The van der Waals surface area contributed by atoms with Crippen LogP contribution in [0.3, 0.4) is 0 Å². The SMILES string of the molecule is c1ccc([Si](c2ccccc2)(c2ccccc2)c2ccc3nc4n(-c5nc(-c6cccc(-n7c8ccccc8c8ccccc87)c6)nc(N6c7ccccc7N7c8ccccc8NC67)n5)c5ccc([Si](c6ccccc6)(c6ccccc6)c6ccccc6)cc5n4c3c2)cc1. The molecule has 0 saturated heterocycles.